The maximum absolute atomic E-state index is 4.70. The molecule has 15 heteroatoms. The SMILES string of the molecule is Cc1cc(C(C)C)ncc1N1c2ccccc2N(C(C)C)[C@H]1C.Cc1ccncc1N1c2ccccc2N(c2c(-c3ccccc3)cccc2-c2ccccc2)[C@H]1C.Cc1ccncc1N1c2ccccc2N(c2c(C(C)C)cccc2C(C)C)[C@H]1C.Cc1ccncc1N1c2ccccc2N(c2c(C)cccc2C)[C@H]1C.Cc1ccncc1N1c2ccccc2N(c2ccccc2)[C@H]1C. The van der Waals surface area contributed by atoms with Crippen molar-refractivity contribution in [2.24, 2.45) is 0 Å². The van der Waals surface area contributed by atoms with Gasteiger partial charge in [-0.2, -0.15) is 0 Å². The minimum atomic E-state index is 0.0580. The quantitative estimate of drug-likeness (QED) is 0.0973. The van der Waals surface area contributed by atoms with Gasteiger partial charge in [0.1, 0.15) is 30.8 Å². The van der Waals surface area contributed by atoms with Gasteiger partial charge in [-0.25, -0.2) is 0 Å². The molecule has 5 aliphatic rings. The van der Waals surface area contributed by atoms with E-state index in [4.69, 9.17) is 4.98 Å². The second kappa shape index (κ2) is 39.9. The maximum Gasteiger partial charge on any atom is 0.108 e. The van der Waals surface area contributed by atoms with Crippen molar-refractivity contribution in [1.29, 1.82) is 0 Å². The highest BCUT2D eigenvalue weighted by Crippen LogP contribution is 2.57. The fraction of sp³-hybridized carbons (Fsp3) is 0.242. The zero-order chi connectivity index (χ0) is 94.6. The zero-order valence-electron chi connectivity index (χ0n) is 81.9. The van der Waals surface area contributed by atoms with Crippen LogP contribution in [0.2, 0.25) is 0 Å². The molecule has 0 fully saturated rings. The smallest absolute Gasteiger partial charge is 0.108 e. The molecule has 21 rings (SSSR count). The lowest BCUT2D eigenvalue weighted by Gasteiger charge is -2.34. The van der Waals surface area contributed by atoms with E-state index in [1.807, 2.05) is 55.8 Å². The van der Waals surface area contributed by atoms with E-state index < -0.39 is 0 Å². The lowest BCUT2D eigenvalue weighted by molar-refractivity contribution is 0.606. The number of hydrogen-bond donors (Lipinski definition) is 0. The van der Waals surface area contributed by atoms with Gasteiger partial charge >= 0.3 is 0 Å². The molecule has 0 bridgehead atoms. The second-order valence-electron chi connectivity index (χ2n) is 37.2. The van der Waals surface area contributed by atoms with Crippen molar-refractivity contribution < 1.29 is 0 Å². The molecule has 0 amide bonds. The monoisotopic (exact) mass is 1780 g/mol. The number of anilines is 19. The first-order valence-electron chi connectivity index (χ1n) is 47.9. The minimum absolute atomic E-state index is 0.0580. The van der Waals surface area contributed by atoms with Gasteiger partial charge in [0, 0.05) is 59.0 Å². The van der Waals surface area contributed by atoms with E-state index in [9.17, 15) is 0 Å². The molecule has 135 heavy (non-hydrogen) atoms. The van der Waals surface area contributed by atoms with Crippen LogP contribution in [0.25, 0.3) is 22.3 Å². The van der Waals surface area contributed by atoms with E-state index in [1.165, 1.54) is 163 Å². The molecule has 5 aromatic heterocycles. The Hall–Kier alpha value is -14.8. The van der Waals surface area contributed by atoms with Gasteiger partial charge in [0.15, 0.2) is 0 Å². The summed E-state index contributed by atoms with van der Waals surface area (Å²) in [7, 11) is 0. The average molecular weight is 1780 g/mol. The first-order valence-corrected chi connectivity index (χ1v) is 47.9. The van der Waals surface area contributed by atoms with Crippen molar-refractivity contribution >= 4 is 108 Å². The number of pyridine rings is 5. The van der Waals surface area contributed by atoms with Gasteiger partial charge in [-0.15, -0.1) is 0 Å². The van der Waals surface area contributed by atoms with E-state index in [-0.39, 0.29) is 30.8 Å². The van der Waals surface area contributed by atoms with E-state index >= 15 is 0 Å². The number of para-hydroxylation sites is 14. The summed E-state index contributed by atoms with van der Waals surface area (Å²) in [6.07, 6.45) is 18.3. The summed E-state index contributed by atoms with van der Waals surface area (Å²) in [4.78, 5) is 46.6. The normalized spacial score (nSPS) is 16.0. The summed E-state index contributed by atoms with van der Waals surface area (Å²) in [5, 5.41) is 0. The van der Waals surface area contributed by atoms with Crippen LogP contribution in [0.15, 0.2) is 353 Å². The molecule has 10 heterocycles. The highest BCUT2D eigenvalue weighted by Gasteiger charge is 2.43. The fourth-order valence-corrected chi connectivity index (χ4v) is 20.7. The predicted octanol–water partition coefficient (Wildman–Crippen LogP) is 31.5. The largest absolute Gasteiger partial charge is 0.347 e. The molecule has 0 saturated carbocycles. The second-order valence-corrected chi connectivity index (χ2v) is 37.2. The third kappa shape index (κ3) is 17.8. The van der Waals surface area contributed by atoms with Crippen LogP contribution in [0.1, 0.15) is 164 Å². The van der Waals surface area contributed by atoms with Crippen molar-refractivity contribution in [2.75, 3.05) is 49.0 Å². The van der Waals surface area contributed by atoms with Gasteiger partial charge in [0.05, 0.1) is 128 Å². The number of aromatic nitrogens is 5. The summed E-state index contributed by atoms with van der Waals surface area (Å²) in [5.74, 6) is 1.37. The van der Waals surface area contributed by atoms with E-state index in [0.29, 0.717) is 23.8 Å². The molecule has 16 aromatic rings. The van der Waals surface area contributed by atoms with Gasteiger partial charge < -0.3 is 49.0 Å². The number of fused-ring (bicyclic) bond motifs is 5. The summed E-state index contributed by atoms with van der Waals surface area (Å²) >= 11 is 0. The number of nitrogens with zero attached hydrogens (tertiary/aromatic N) is 15. The third-order valence-electron chi connectivity index (χ3n) is 27.1. The van der Waals surface area contributed by atoms with Gasteiger partial charge in [-0.05, 0) is 279 Å². The number of rotatable bonds is 15. The molecule has 5 aliphatic heterocycles. The Morgan fingerprint density at radius 1 is 0.222 bits per heavy atom. The molecule has 0 N–H and O–H groups in total. The first kappa shape index (κ1) is 92.0. The third-order valence-corrected chi connectivity index (χ3v) is 27.1. The van der Waals surface area contributed by atoms with E-state index in [0.717, 1.165) is 22.8 Å². The van der Waals surface area contributed by atoms with Crippen molar-refractivity contribution in [1.82, 2.24) is 24.9 Å². The van der Waals surface area contributed by atoms with Gasteiger partial charge in [-0.3, -0.25) is 24.9 Å². The highest BCUT2D eigenvalue weighted by atomic mass is 15.5. The van der Waals surface area contributed by atoms with E-state index in [1.54, 1.807) is 0 Å². The van der Waals surface area contributed by atoms with Crippen LogP contribution < -0.4 is 49.0 Å². The van der Waals surface area contributed by atoms with Crippen LogP contribution in [0.4, 0.5) is 108 Å². The highest BCUT2D eigenvalue weighted by molar-refractivity contribution is 6.00. The van der Waals surface area contributed by atoms with Gasteiger partial charge in [0.25, 0.3) is 0 Å². The van der Waals surface area contributed by atoms with Crippen molar-refractivity contribution in [3.05, 3.63) is 409 Å². The van der Waals surface area contributed by atoms with Crippen LogP contribution in [0.3, 0.4) is 0 Å². The maximum atomic E-state index is 4.70. The standard InChI is InChI=1S/C32H27N3.C26H31N3.C22H23N3.C20H19N3.C20H27N3/c1-23-20-21-33-22-31(23)34-24(2)35(30-19-10-9-18-29(30)34)32-27(25-12-5-3-6-13-25)16-11-17-28(32)26-14-7-4-8-15-26;1-17(2)21-10-9-11-22(18(3)4)26(21)29-20(6)28(23-12-7-8-13-24(23)29)25-16-27-15-14-19(25)5;1-15-12-13-23-14-21(15)24-18(4)25(20-11-6-5-10-19(20)24)22-16(2)8-7-9-17(22)3;1-15-12-13-21-14-20(15)23-16(2)22(17-8-4-3-5-9-17)18-10-6-7-11-19(18)23;1-13(2)17-11-15(5)20(12-21-17)23-16(6)22(14(3)4)18-9-7-8-10-19(18)23/h3-22,24H,1-2H3;7-18,20H,1-6H3;5-14,18H,1-4H3;3-14,16H,1-2H3;7-14,16H,1-6H3/t24-;20-;18-;2*16-/m00011/s1. The zero-order valence-corrected chi connectivity index (χ0v) is 81.9. The Bertz CT molecular complexity index is 6730. The summed E-state index contributed by atoms with van der Waals surface area (Å²) < 4.78 is 0. The van der Waals surface area contributed by atoms with Crippen LogP contribution in [-0.4, -0.2) is 61.8 Å². The van der Waals surface area contributed by atoms with Gasteiger partial charge in [-0.1, -0.05) is 236 Å². The molecule has 682 valence electrons. The van der Waals surface area contributed by atoms with Crippen LogP contribution in [-0.2, 0) is 0 Å². The van der Waals surface area contributed by atoms with E-state index in [2.05, 4.69) is 505 Å². The summed E-state index contributed by atoms with van der Waals surface area (Å²) in [6, 6.07) is 106. The van der Waals surface area contributed by atoms with Crippen molar-refractivity contribution in [3.63, 3.8) is 0 Å². The Balaban J connectivity index is 0.000000118. The Morgan fingerprint density at radius 3 is 0.859 bits per heavy atom. The molecule has 15 nitrogen and oxygen atoms in total. The van der Waals surface area contributed by atoms with Crippen molar-refractivity contribution in [2.45, 2.75) is 193 Å². The van der Waals surface area contributed by atoms with Gasteiger partial charge in [0.2, 0.25) is 0 Å². The number of benzene rings is 11. The van der Waals surface area contributed by atoms with Crippen LogP contribution >= 0.6 is 0 Å². The first-order chi connectivity index (χ1) is 65.4. The molecule has 0 saturated heterocycles. The Labute approximate surface area is 801 Å². The Kier molecular flexibility index (Phi) is 27.2. The molecule has 0 unspecified atom stereocenters. The number of aryl methyl sites for hydroxylation is 7. The Morgan fingerprint density at radius 2 is 0.511 bits per heavy atom. The molecule has 0 aliphatic carbocycles. The molecular formula is C120H127N15. The molecule has 11 aromatic carbocycles. The summed E-state index contributed by atoms with van der Waals surface area (Å²) in [6.45, 7) is 44.6. The number of hydrogen-bond acceptors (Lipinski definition) is 15. The fourth-order valence-electron chi connectivity index (χ4n) is 20.7. The van der Waals surface area contributed by atoms with Crippen molar-refractivity contribution in [3.8, 4) is 22.3 Å². The lowest BCUT2D eigenvalue weighted by Crippen LogP contribution is -2.42. The lowest BCUT2D eigenvalue weighted by atomic mass is 9.91. The predicted molar refractivity (Wildman–Crippen MR) is 570 cm³/mol. The molecule has 0 radical (unpaired) electrons. The van der Waals surface area contributed by atoms with Crippen LogP contribution in [0.5, 0.6) is 0 Å². The molecule has 5 atom stereocenters. The molecular weight excluding hydrogens is 1650 g/mol. The summed E-state index contributed by atoms with van der Waals surface area (Å²) in [5.41, 5.74) is 40.9. The minimum Gasteiger partial charge on any atom is -0.347 e. The average Bonchev–Trinajstić information content (AvgIpc) is 1.60. The van der Waals surface area contributed by atoms with Crippen LogP contribution in [0, 0.1) is 48.5 Å². The topological polar surface area (TPSA) is 96.8 Å². The molecule has 0 spiro atoms.